The van der Waals surface area contributed by atoms with E-state index in [1.54, 1.807) is 18.2 Å². The molecule has 9 nitrogen and oxygen atoms in total. The van der Waals surface area contributed by atoms with Crippen LogP contribution in [0.5, 0.6) is 0 Å². The first-order chi connectivity index (χ1) is 13.5. The van der Waals surface area contributed by atoms with Gasteiger partial charge in [-0.25, -0.2) is 0 Å². The van der Waals surface area contributed by atoms with Gasteiger partial charge < -0.3 is 10.6 Å². The Morgan fingerprint density at radius 3 is 2.39 bits per heavy atom. The van der Waals surface area contributed by atoms with Gasteiger partial charge in [-0.2, -0.15) is 0 Å². The fourth-order valence-corrected chi connectivity index (χ4v) is 3.93. The van der Waals surface area contributed by atoms with E-state index in [1.165, 1.54) is 11.0 Å². The highest BCUT2D eigenvalue weighted by Gasteiger charge is 2.47. The first-order valence-corrected chi connectivity index (χ1v) is 9.58. The minimum Gasteiger partial charge on any atom is -0.378 e. The first kappa shape index (κ1) is 19.8. The molecule has 0 radical (unpaired) electrons. The van der Waals surface area contributed by atoms with E-state index in [-0.39, 0.29) is 54.8 Å². The molecular weight excluding hydrogens is 364 g/mol. The Balaban J connectivity index is 1.40. The Labute approximate surface area is 162 Å². The molecule has 1 saturated carbocycles. The molecule has 2 atom stereocenters. The summed E-state index contributed by atoms with van der Waals surface area (Å²) < 4.78 is 0. The molecule has 1 aromatic rings. The predicted molar refractivity (Wildman–Crippen MR) is 101 cm³/mol. The summed E-state index contributed by atoms with van der Waals surface area (Å²) in [5.74, 6) is -0.939. The SMILES string of the molecule is O=C(CCN1C(=O)[C@H]2CCCC[C@H]2C1=O)NCCNc1ccccc1[N+](=O)[O-]. The molecule has 0 aromatic heterocycles. The molecular formula is C19H24N4O5. The van der Waals surface area contributed by atoms with Crippen LogP contribution in [0.4, 0.5) is 11.4 Å². The summed E-state index contributed by atoms with van der Waals surface area (Å²) in [6.45, 7) is 0.703. The molecule has 1 aliphatic carbocycles. The second-order valence-electron chi connectivity index (χ2n) is 7.13. The van der Waals surface area contributed by atoms with Crippen LogP contribution >= 0.6 is 0 Å². The molecule has 9 heteroatoms. The van der Waals surface area contributed by atoms with Crippen molar-refractivity contribution in [1.82, 2.24) is 10.2 Å². The zero-order valence-electron chi connectivity index (χ0n) is 15.6. The highest BCUT2D eigenvalue weighted by molar-refractivity contribution is 6.05. The number of carbonyl (C=O) groups is 3. The van der Waals surface area contributed by atoms with Gasteiger partial charge in [-0.15, -0.1) is 0 Å². The maximum Gasteiger partial charge on any atom is 0.292 e. The average molecular weight is 388 g/mol. The molecule has 0 spiro atoms. The number of nitro groups is 1. The molecule has 1 heterocycles. The van der Waals surface area contributed by atoms with E-state index in [0.717, 1.165) is 25.7 Å². The topological polar surface area (TPSA) is 122 Å². The van der Waals surface area contributed by atoms with Crippen molar-refractivity contribution in [1.29, 1.82) is 0 Å². The minimum absolute atomic E-state index is 0.0265. The molecule has 3 rings (SSSR count). The van der Waals surface area contributed by atoms with Crippen molar-refractivity contribution in [2.75, 3.05) is 25.0 Å². The van der Waals surface area contributed by atoms with E-state index < -0.39 is 4.92 Å². The highest BCUT2D eigenvalue weighted by Crippen LogP contribution is 2.37. The number of fused-ring (bicyclic) bond motifs is 1. The summed E-state index contributed by atoms with van der Waals surface area (Å²) in [5, 5.41) is 16.6. The number of likely N-dealkylation sites (tertiary alicyclic amines) is 1. The van der Waals surface area contributed by atoms with Gasteiger partial charge in [0.2, 0.25) is 17.7 Å². The summed E-state index contributed by atoms with van der Waals surface area (Å²) in [4.78, 5) is 48.5. The van der Waals surface area contributed by atoms with Crippen LogP contribution in [-0.4, -0.2) is 47.2 Å². The van der Waals surface area contributed by atoms with E-state index in [0.29, 0.717) is 12.2 Å². The second-order valence-corrected chi connectivity index (χ2v) is 7.13. The largest absolute Gasteiger partial charge is 0.378 e. The van der Waals surface area contributed by atoms with Gasteiger partial charge in [0.25, 0.3) is 5.69 Å². The van der Waals surface area contributed by atoms with Crippen molar-refractivity contribution < 1.29 is 19.3 Å². The monoisotopic (exact) mass is 388 g/mol. The van der Waals surface area contributed by atoms with Crippen LogP contribution in [0.15, 0.2) is 24.3 Å². The lowest BCUT2D eigenvalue weighted by atomic mass is 9.81. The number of nitrogens with one attached hydrogen (secondary N) is 2. The molecule has 1 aromatic carbocycles. The molecule has 3 amide bonds. The normalized spacial score (nSPS) is 21.4. The average Bonchev–Trinajstić information content (AvgIpc) is 2.94. The maximum atomic E-state index is 12.4. The summed E-state index contributed by atoms with van der Waals surface area (Å²) in [6.07, 6.45) is 3.52. The summed E-state index contributed by atoms with van der Waals surface area (Å²) >= 11 is 0. The molecule has 0 unspecified atom stereocenters. The molecule has 0 bridgehead atoms. The molecule has 150 valence electrons. The van der Waals surface area contributed by atoms with Gasteiger partial charge in [0.05, 0.1) is 16.8 Å². The third kappa shape index (κ3) is 4.29. The zero-order chi connectivity index (χ0) is 20.1. The number of amides is 3. The van der Waals surface area contributed by atoms with Crippen LogP contribution in [0.25, 0.3) is 0 Å². The van der Waals surface area contributed by atoms with Crippen LogP contribution in [-0.2, 0) is 14.4 Å². The number of benzene rings is 1. The van der Waals surface area contributed by atoms with Gasteiger partial charge >= 0.3 is 0 Å². The Morgan fingerprint density at radius 2 is 1.75 bits per heavy atom. The van der Waals surface area contributed by atoms with Crippen molar-refractivity contribution in [3.63, 3.8) is 0 Å². The summed E-state index contributed by atoms with van der Waals surface area (Å²) in [7, 11) is 0. The van der Waals surface area contributed by atoms with Gasteiger partial charge in [-0.3, -0.25) is 29.4 Å². The van der Waals surface area contributed by atoms with Gasteiger partial charge in [-0.1, -0.05) is 25.0 Å². The number of anilines is 1. The number of imide groups is 1. The lowest BCUT2D eigenvalue weighted by Crippen LogP contribution is -2.36. The second kappa shape index (κ2) is 8.81. The number of nitro benzene ring substituents is 1. The van der Waals surface area contributed by atoms with Crippen LogP contribution in [0.1, 0.15) is 32.1 Å². The third-order valence-corrected chi connectivity index (χ3v) is 5.36. The first-order valence-electron chi connectivity index (χ1n) is 9.58. The van der Waals surface area contributed by atoms with Crippen LogP contribution in [0, 0.1) is 22.0 Å². The number of para-hydroxylation sites is 2. The number of rotatable bonds is 8. The summed E-state index contributed by atoms with van der Waals surface area (Å²) in [5.41, 5.74) is 0.360. The van der Waals surface area contributed by atoms with Crippen molar-refractivity contribution >= 4 is 29.1 Å². The van der Waals surface area contributed by atoms with E-state index in [4.69, 9.17) is 0 Å². The number of hydrogen-bond donors (Lipinski definition) is 2. The van der Waals surface area contributed by atoms with Crippen molar-refractivity contribution in [2.45, 2.75) is 32.1 Å². The minimum atomic E-state index is -0.470. The van der Waals surface area contributed by atoms with E-state index in [1.807, 2.05) is 0 Å². The summed E-state index contributed by atoms with van der Waals surface area (Å²) in [6, 6.07) is 6.28. The quantitative estimate of drug-likeness (QED) is 0.302. The Morgan fingerprint density at radius 1 is 1.11 bits per heavy atom. The fourth-order valence-electron chi connectivity index (χ4n) is 3.93. The molecule has 2 fully saturated rings. The van der Waals surface area contributed by atoms with Gasteiger partial charge in [0, 0.05) is 32.1 Å². The van der Waals surface area contributed by atoms with Crippen LogP contribution in [0.2, 0.25) is 0 Å². The van der Waals surface area contributed by atoms with Crippen molar-refractivity contribution in [3.05, 3.63) is 34.4 Å². The van der Waals surface area contributed by atoms with Gasteiger partial charge in [-0.05, 0) is 18.9 Å². The standard InChI is InChI=1S/C19H24N4O5/c24-17(21-11-10-20-15-7-3-4-8-16(15)23(27)28)9-12-22-18(25)13-5-1-2-6-14(13)19(22)26/h3-4,7-8,13-14,20H,1-2,5-6,9-12H2,(H,21,24)/t13-,14+. The number of hydrogen-bond acceptors (Lipinski definition) is 6. The van der Waals surface area contributed by atoms with E-state index in [9.17, 15) is 24.5 Å². The fraction of sp³-hybridized carbons (Fsp3) is 0.526. The highest BCUT2D eigenvalue weighted by atomic mass is 16.6. The van der Waals surface area contributed by atoms with Crippen molar-refractivity contribution in [3.8, 4) is 0 Å². The third-order valence-electron chi connectivity index (χ3n) is 5.36. The lowest BCUT2D eigenvalue weighted by Gasteiger charge is -2.19. The van der Waals surface area contributed by atoms with Gasteiger partial charge in [0.15, 0.2) is 0 Å². The van der Waals surface area contributed by atoms with Crippen molar-refractivity contribution in [2.24, 2.45) is 11.8 Å². The number of carbonyl (C=O) groups excluding carboxylic acids is 3. The van der Waals surface area contributed by atoms with E-state index in [2.05, 4.69) is 10.6 Å². The molecule has 28 heavy (non-hydrogen) atoms. The lowest BCUT2D eigenvalue weighted by molar-refractivity contribution is -0.384. The molecule has 1 aliphatic heterocycles. The smallest absolute Gasteiger partial charge is 0.292 e. The van der Waals surface area contributed by atoms with Crippen LogP contribution < -0.4 is 10.6 Å². The Kier molecular flexibility index (Phi) is 6.23. The number of nitrogens with zero attached hydrogens (tertiary/aromatic N) is 2. The Bertz CT molecular complexity index is 757. The van der Waals surface area contributed by atoms with Gasteiger partial charge in [0.1, 0.15) is 5.69 Å². The molecule has 2 aliphatic rings. The Hall–Kier alpha value is -2.97. The molecule has 2 N–H and O–H groups in total. The predicted octanol–water partition coefficient (Wildman–Crippen LogP) is 1.69. The maximum absolute atomic E-state index is 12.4. The van der Waals surface area contributed by atoms with E-state index >= 15 is 0 Å². The molecule has 1 saturated heterocycles. The van der Waals surface area contributed by atoms with Crippen LogP contribution in [0.3, 0.4) is 0 Å². The zero-order valence-corrected chi connectivity index (χ0v) is 15.6.